The molecule has 0 heterocycles. The van der Waals surface area contributed by atoms with Crippen LogP contribution in [0.4, 0.5) is 0 Å². The number of nitrogens with zero attached hydrogens (tertiary/aromatic N) is 2. The number of hydrogen-bond acceptors (Lipinski definition) is 6. The minimum atomic E-state index is -3.99. The van der Waals surface area contributed by atoms with Gasteiger partial charge < -0.3 is 4.74 Å². The smallest absolute Gasteiger partial charge is 0.325 e. The number of benzene rings is 1. The van der Waals surface area contributed by atoms with Crippen molar-refractivity contribution >= 4 is 25.7 Å². The molecule has 0 saturated heterocycles. The van der Waals surface area contributed by atoms with E-state index in [1.807, 2.05) is 19.9 Å². The summed E-state index contributed by atoms with van der Waals surface area (Å²) in [7, 11) is -5.46. The first kappa shape index (κ1) is 28.9. The number of esters is 1. The number of terminal acetylenes is 1. The van der Waals surface area contributed by atoms with Crippen molar-refractivity contribution < 1.29 is 22.2 Å². The number of carbonyl (C=O) groups is 1. The summed E-state index contributed by atoms with van der Waals surface area (Å²) in [5.41, 5.74) is 0. The maximum absolute atomic E-state index is 13.5. The Balaban J connectivity index is 3.71. The van der Waals surface area contributed by atoms with E-state index in [4.69, 9.17) is 11.2 Å². The predicted octanol–water partition coefficient (Wildman–Crippen LogP) is 3.92. The number of sulfonamides is 1. The number of rotatable bonds is 10. The van der Waals surface area contributed by atoms with Crippen molar-refractivity contribution in [2.75, 3.05) is 20.2 Å². The average molecular weight is 497 g/mol. The highest BCUT2D eigenvalue weighted by Gasteiger charge is 2.45. The van der Waals surface area contributed by atoms with Gasteiger partial charge in [0, 0.05) is 18.4 Å². The van der Waals surface area contributed by atoms with Gasteiger partial charge >= 0.3 is 5.97 Å². The van der Waals surface area contributed by atoms with Crippen LogP contribution in [0.2, 0.25) is 0 Å². The minimum absolute atomic E-state index is 0.0778. The second-order valence-corrected chi connectivity index (χ2v) is 13.7. The van der Waals surface area contributed by atoms with Crippen LogP contribution >= 0.6 is 0 Å². The van der Waals surface area contributed by atoms with E-state index in [9.17, 15) is 17.4 Å². The molecule has 0 bridgehead atoms. The summed E-state index contributed by atoms with van der Waals surface area (Å²) >= 11 is 0. The predicted molar refractivity (Wildman–Crippen MR) is 133 cm³/mol. The van der Waals surface area contributed by atoms with Crippen molar-refractivity contribution in [1.29, 1.82) is 0 Å². The Hall–Kier alpha value is -2.15. The van der Waals surface area contributed by atoms with E-state index in [0.717, 1.165) is 4.31 Å². The van der Waals surface area contributed by atoms with Crippen LogP contribution in [0.5, 0.6) is 0 Å². The van der Waals surface area contributed by atoms with E-state index in [0.29, 0.717) is 4.90 Å². The van der Waals surface area contributed by atoms with Gasteiger partial charge in [-0.3, -0.25) is 4.79 Å². The zero-order valence-electron chi connectivity index (χ0n) is 20.5. The normalized spacial score (nSPS) is 16.2. The van der Waals surface area contributed by atoms with Crippen molar-refractivity contribution in [3.05, 3.63) is 41.8 Å². The zero-order chi connectivity index (χ0) is 25.4. The second kappa shape index (κ2) is 11.8. The summed E-state index contributed by atoms with van der Waals surface area (Å²) in [4.78, 5) is 13.6. The molecule has 0 amide bonds. The van der Waals surface area contributed by atoms with E-state index in [-0.39, 0.29) is 19.1 Å². The van der Waals surface area contributed by atoms with Crippen molar-refractivity contribution in [2.45, 2.75) is 57.2 Å². The maximum Gasteiger partial charge on any atom is 0.325 e. The number of ether oxygens (including phenoxy) is 1. The fraction of sp³-hybridized carbons (Fsp3) is 0.542. The standard InChI is InChI=1S/C24H36N2O5S2/c1-9-17-26(33(29,30)24(5,6)7)22(23(27)31-10-2)21(19(3)4)16-18-32(28,25-8)20-14-12-11-13-15-20/h1,11-16,18-19,21-22H,10,17H2,2-8H3/b18-16+/t21-,22-,32?/m0/s1. The largest absolute Gasteiger partial charge is 0.465 e. The van der Waals surface area contributed by atoms with Crippen LogP contribution in [0.25, 0.3) is 0 Å². The molecule has 1 aromatic carbocycles. The van der Waals surface area contributed by atoms with Crippen molar-refractivity contribution in [3.63, 3.8) is 0 Å². The molecule has 0 aliphatic carbocycles. The molecule has 0 radical (unpaired) electrons. The molecule has 0 aliphatic heterocycles. The van der Waals surface area contributed by atoms with Gasteiger partial charge in [0.2, 0.25) is 10.0 Å². The summed E-state index contributed by atoms with van der Waals surface area (Å²) in [6.07, 6.45) is 7.12. The van der Waals surface area contributed by atoms with Crippen molar-refractivity contribution in [1.82, 2.24) is 4.31 Å². The van der Waals surface area contributed by atoms with Crippen LogP contribution < -0.4 is 0 Å². The lowest BCUT2D eigenvalue weighted by molar-refractivity contribution is -0.149. The molecule has 1 aromatic rings. The Bertz CT molecular complexity index is 1090. The molecule has 7 nitrogen and oxygen atoms in total. The molecule has 0 fully saturated rings. The van der Waals surface area contributed by atoms with E-state index in [2.05, 4.69) is 10.3 Å². The molecule has 0 aliphatic rings. The Morgan fingerprint density at radius 1 is 1.21 bits per heavy atom. The maximum atomic E-state index is 13.5. The van der Waals surface area contributed by atoms with E-state index >= 15 is 0 Å². The van der Waals surface area contributed by atoms with Gasteiger partial charge in [-0.25, -0.2) is 17.0 Å². The third-order valence-electron chi connectivity index (χ3n) is 5.14. The molecule has 3 atom stereocenters. The molecular weight excluding hydrogens is 460 g/mol. The van der Waals surface area contributed by atoms with Crippen LogP contribution in [0.3, 0.4) is 0 Å². The first-order valence-electron chi connectivity index (χ1n) is 10.8. The van der Waals surface area contributed by atoms with E-state index in [1.54, 1.807) is 58.0 Å². The fourth-order valence-electron chi connectivity index (χ4n) is 3.22. The molecule has 0 aromatic heterocycles. The summed E-state index contributed by atoms with van der Waals surface area (Å²) in [6.45, 7) is 9.78. The van der Waals surface area contributed by atoms with Gasteiger partial charge in [-0.05, 0) is 45.7 Å². The van der Waals surface area contributed by atoms with E-state index in [1.165, 1.54) is 12.5 Å². The Labute approximate surface area is 199 Å². The molecule has 9 heteroatoms. The average Bonchev–Trinajstić information content (AvgIpc) is 2.74. The highest BCUT2D eigenvalue weighted by Crippen LogP contribution is 2.30. The molecule has 0 spiro atoms. The van der Waals surface area contributed by atoms with Crippen LogP contribution in [0.15, 0.2) is 51.1 Å². The summed E-state index contributed by atoms with van der Waals surface area (Å²) in [5, 5.41) is 1.46. The summed E-state index contributed by atoms with van der Waals surface area (Å²) in [5.74, 6) is 0.789. The van der Waals surface area contributed by atoms with Gasteiger partial charge in [0.1, 0.15) is 6.04 Å². The molecular formula is C24H36N2O5S2. The third kappa shape index (κ3) is 6.92. The van der Waals surface area contributed by atoms with Gasteiger partial charge in [0.25, 0.3) is 0 Å². The summed E-state index contributed by atoms with van der Waals surface area (Å²) < 4.78 is 49.6. The second-order valence-electron chi connectivity index (χ2n) is 8.78. The Morgan fingerprint density at radius 3 is 2.21 bits per heavy atom. The Morgan fingerprint density at radius 2 is 1.79 bits per heavy atom. The molecule has 1 rings (SSSR count). The SMILES string of the molecule is C#CCN([C@H](C(=O)OCC)[C@@H](/C=C/S(=O)(=NC)c1ccccc1)C(C)C)S(=O)(=O)C(C)(C)C. The van der Waals surface area contributed by atoms with E-state index < -0.39 is 42.4 Å². The van der Waals surface area contributed by atoms with Crippen LogP contribution in [0.1, 0.15) is 41.5 Å². The first-order valence-corrected chi connectivity index (χ1v) is 13.8. The van der Waals surface area contributed by atoms with Gasteiger partial charge in [-0.15, -0.1) is 6.42 Å². The number of carbonyl (C=O) groups excluding carboxylic acids is 1. The lowest BCUT2D eigenvalue weighted by Crippen LogP contribution is -2.55. The highest BCUT2D eigenvalue weighted by molar-refractivity contribution is 7.96. The first-order chi connectivity index (χ1) is 15.3. The lowest BCUT2D eigenvalue weighted by atomic mass is 9.88. The molecule has 33 heavy (non-hydrogen) atoms. The van der Waals surface area contributed by atoms with Crippen LogP contribution in [-0.4, -0.2) is 53.9 Å². The summed E-state index contributed by atoms with van der Waals surface area (Å²) in [6, 6.07) is 7.53. The monoisotopic (exact) mass is 496 g/mol. The van der Waals surface area contributed by atoms with Gasteiger partial charge in [-0.2, -0.15) is 4.31 Å². The van der Waals surface area contributed by atoms with Crippen LogP contribution in [-0.2, 0) is 29.3 Å². The van der Waals surface area contributed by atoms with Gasteiger partial charge in [0.15, 0.2) is 0 Å². The quantitative estimate of drug-likeness (QED) is 0.361. The molecule has 0 saturated carbocycles. The zero-order valence-corrected chi connectivity index (χ0v) is 22.2. The fourth-order valence-corrected chi connectivity index (χ4v) is 6.12. The highest BCUT2D eigenvalue weighted by atomic mass is 32.2. The minimum Gasteiger partial charge on any atom is -0.465 e. The lowest BCUT2D eigenvalue weighted by Gasteiger charge is -2.37. The molecule has 184 valence electrons. The van der Waals surface area contributed by atoms with Crippen molar-refractivity contribution in [2.24, 2.45) is 16.2 Å². The number of hydrogen-bond donors (Lipinski definition) is 0. The van der Waals surface area contributed by atoms with Crippen LogP contribution in [0, 0.1) is 24.2 Å². The Kier molecular flexibility index (Phi) is 10.3. The topological polar surface area (TPSA) is 93.1 Å². The molecule has 0 N–H and O–H groups in total. The van der Waals surface area contributed by atoms with Gasteiger partial charge in [-0.1, -0.05) is 44.0 Å². The third-order valence-corrected chi connectivity index (χ3v) is 9.68. The van der Waals surface area contributed by atoms with Gasteiger partial charge in [0.05, 0.1) is 32.5 Å². The molecule has 1 unspecified atom stereocenters. The van der Waals surface area contributed by atoms with Crippen molar-refractivity contribution in [3.8, 4) is 12.3 Å².